The van der Waals surface area contributed by atoms with Gasteiger partial charge in [0.05, 0.1) is 0 Å². The molecule has 0 bridgehead atoms. The Hall–Kier alpha value is -0.940. The normalized spacial score (nSPS) is 8.86. The lowest BCUT2D eigenvalue weighted by atomic mass is 10.1. The van der Waals surface area contributed by atoms with Gasteiger partial charge in [-0.2, -0.15) is 0 Å². The predicted molar refractivity (Wildman–Crippen MR) is 90.9 cm³/mol. The SMILES string of the molecule is CC.CCCCCC(=O)NCCCCCC(C)=O.CNN. The molecule has 0 aromatic carbocycles. The maximum absolute atomic E-state index is 11.3. The molecule has 0 radical (unpaired) electrons. The first-order valence-electron chi connectivity index (χ1n) is 8.21. The van der Waals surface area contributed by atoms with E-state index in [1.54, 1.807) is 14.0 Å². The Kier molecular flexibility index (Phi) is 28.7. The van der Waals surface area contributed by atoms with Gasteiger partial charge < -0.3 is 10.1 Å². The number of hydrogen-bond acceptors (Lipinski definition) is 4. The number of amides is 1. The highest BCUT2D eigenvalue weighted by Crippen LogP contribution is 2.01. The monoisotopic (exact) mass is 303 g/mol. The number of ketones is 1. The van der Waals surface area contributed by atoms with Crippen molar-refractivity contribution >= 4 is 11.7 Å². The van der Waals surface area contributed by atoms with Gasteiger partial charge in [0.2, 0.25) is 5.91 Å². The fraction of sp³-hybridized carbons (Fsp3) is 0.875. The molecule has 5 nitrogen and oxygen atoms in total. The lowest BCUT2D eigenvalue weighted by Crippen LogP contribution is -2.23. The van der Waals surface area contributed by atoms with Gasteiger partial charge in [0.15, 0.2) is 0 Å². The number of nitrogens with two attached hydrogens (primary N) is 1. The largest absolute Gasteiger partial charge is 0.356 e. The Balaban J connectivity index is -0.000000569. The third-order valence-corrected chi connectivity index (χ3v) is 2.54. The number of hydrazine groups is 1. The van der Waals surface area contributed by atoms with E-state index >= 15 is 0 Å². The van der Waals surface area contributed by atoms with Crippen LogP contribution in [-0.2, 0) is 9.59 Å². The molecule has 0 heterocycles. The molecule has 0 spiro atoms. The second-order valence-corrected chi connectivity index (χ2v) is 4.61. The number of carbonyl (C=O) groups excluding carboxylic acids is 2. The van der Waals surface area contributed by atoms with Crippen LogP contribution in [0.2, 0.25) is 0 Å². The van der Waals surface area contributed by atoms with Crippen molar-refractivity contribution in [1.29, 1.82) is 0 Å². The summed E-state index contributed by atoms with van der Waals surface area (Å²) in [6, 6.07) is 0. The molecule has 128 valence electrons. The molecule has 21 heavy (non-hydrogen) atoms. The molecule has 0 rings (SSSR count). The quantitative estimate of drug-likeness (QED) is 0.329. The summed E-state index contributed by atoms with van der Waals surface area (Å²) in [7, 11) is 1.65. The Morgan fingerprint density at radius 1 is 0.952 bits per heavy atom. The minimum Gasteiger partial charge on any atom is -0.356 e. The van der Waals surface area contributed by atoms with Crippen LogP contribution < -0.4 is 16.6 Å². The van der Waals surface area contributed by atoms with Crippen LogP contribution in [0, 0.1) is 0 Å². The first-order valence-corrected chi connectivity index (χ1v) is 8.21. The van der Waals surface area contributed by atoms with Crippen molar-refractivity contribution in [3.8, 4) is 0 Å². The van der Waals surface area contributed by atoms with Crippen molar-refractivity contribution in [3.05, 3.63) is 0 Å². The first kappa shape index (κ1) is 25.0. The number of Topliss-reactive ketones (excluding diaryl/α,β-unsaturated/α-hetero) is 1. The zero-order chi connectivity index (χ0) is 16.9. The van der Waals surface area contributed by atoms with Crippen LogP contribution in [-0.4, -0.2) is 25.3 Å². The van der Waals surface area contributed by atoms with Crippen molar-refractivity contribution in [1.82, 2.24) is 10.7 Å². The minimum atomic E-state index is 0.167. The Labute approximate surface area is 131 Å². The zero-order valence-electron chi connectivity index (χ0n) is 14.8. The topological polar surface area (TPSA) is 84.2 Å². The maximum atomic E-state index is 11.3. The fourth-order valence-electron chi connectivity index (χ4n) is 1.53. The second kappa shape index (κ2) is 24.1. The lowest BCUT2D eigenvalue weighted by Gasteiger charge is -2.04. The van der Waals surface area contributed by atoms with E-state index in [-0.39, 0.29) is 11.7 Å². The van der Waals surface area contributed by atoms with Crippen LogP contribution in [0.15, 0.2) is 0 Å². The molecule has 0 saturated carbocycles. The molecule has 0 aliphatic heterocycles. The molecule has 0 aromatic rings. The van der Waals surface area contributed by atoms with Crippen molar-refractivity contribution in [2.45, 2.75) is 79.1 Å². The third-order valence-electron chi connectivity index (χ3n) is 2.54. The van der Waals surface area contributed by atoms with E-state index in [1.807, 2.05) is 13.8 Å². The van der Waals surface area contributed by atoms with Gasteiger partial charge in [0, 0.05) is 19.4 Å². The molecule has 0 saturated heterocycles. The lowest BCUT2D eigenvalue weighted by molar-refractivity contribution is -0.121. The smallest absolute Gasteiger partial charge is 0.219 e. The molecule has 1 amide bonds. The Bertz CT molecular complexity index is 222. The van der Waals surface area contributed by atoms with E-state index in [2.05, 4.69) is 23.5 Å². The molecule has 5 heteroatoms. The standard InChI is InChI=1S/C13H25NO2.C2H6.CH6N2/c1-3-4-6-10-13(16)14-11-8-5-7-9-12(2)15;1-2;1-3-2/h3-11H2,1-2H3,(H,14,16);1-2H3;3H,2H2,1H3. The van der Waals surface area contributed by atoms with Gasteiger partial charge in [0.25, 0.3) is 0 Å². The van der Waals surface area contributed by atoms with Crippen molar-refractivity contribution < 1.29 is 9.59 Å². The summed E-state index contributed by atoms with van der Waals surface area (Å²) in [4.78, 5) is 22.0. The van der Waals surface area contributed by atoms with E-state index in [9.17, 15) is 9.59 Å². The van der Waals surface area contributed by atoms with E-state index in [1.165, 1.54) is 0 Å². The van der Waals surface area contributed by atoms with E-state index in [0.717, 1.165) is 45.1 Å². The number of carbonyl (C=O) groups is 2. The number of nitrogens with one attached hydrogen (secondary N) is 2. The van der Waals surface area contributed by atoms with Gasteiger partial charge in [0.1, 0.15) is 5.78 Å². The highest BCUT2D eigenvalue weighted by Gasteiger charge is 1.99. The van der Waals surface area contributed by atoms with Crippen LogP contribution >= 0.6 is 0 Å². The van der Waals surface area contributed by atoms with Crippen LogP contribution in [0.4, 0.5) is 0 Å². The molecule has 0 aromatic heterocycles. The maximum Gasteiger partial charge on any atom is 0.219 e. The van der Waals surface area contributed by atoms with Crippen LogP contribution in [0.3, 0.4) is 0 Å². The Morgan fingerprint density at radius 3 is 1.95 bits per heavy atom. The molecule has 0 aliphatic rings. The van der Waals surface area contributed by atoms with Gasteiger partial charge in [-0.25, -0.2) is 0 Å². The summed E-state index contributed by atoms with van der Waals surface area (Å²) in [6.45, 7) is 8.51. The molecule has 0 aliphatic carbocycles. The summed E-state index contributed by atoms with van der Waals surface area (Å²) in [5, 5.41) is 2.91. The molecule has 0 atom stereocenters. The van der Waals surface area contributed by atoms with Gasteiger partial charge in [-0.05, 0) is 33.2 Å². The Morgan fingerprint density at radius 2 is 1.48 bits per heavy atom. The summed E-state index contributed by atoms with van der Waals surface area (Å²) in [6.07, 6.45) is 7.55. The third kappa shape index (κ3) is 32.5. The van der Waals surface area contributed by atoms with Crippen molar-refractivity contribution in [2.75, 3.05) is 13.6 Å². The van der Waals surface area contributed by atoms with Gasteiger partial charge in [-0.1, -0.05) is 40.0 Å². The molecule has 4 N–H and O–H groups in total. The summed E-state index contributed by atoms with van der Waals surface area (Å²) in [5.74, 6) is 5.02. The molecular formula is C16H37N3O2. The van der Waals surface area contributed by atoms with E-state index < -0.39 is 0 Å². The van der Waals surface area contributed by atoms with Crippen LogP contribution in [0.1, 0.15) is 79.1 Å². The molecule has 0 fully saturated rings. The van der Waals surface area contributed by atoms with Gasteiger partial charge >= 0.3 is 0 Å². The van der Waals surface area contributed by atoms with Gasteiger partial charge in [-0.3, -0.25) is 16.1 Å². The number of hydrogen-bond donors (Lipinski definition) is 3. The highest BCUT2D eigenvalue weighted by molar-refractivity contribution is 5.75. The molecule has 0 unspecified atom stereocenters. The van der Waals surface area contributed by atoms with Crippen molar-refractivity contribution in [2.24, 2.45) is 5.84 Å². The zero-order valence-corrected chi connectivity index (χ0v) is 14.8. The average molecular weight is 303 g/mol. The molecular weight excluding hydrogens is 266 g/mol. The number of unbranched alkanes of at least 4 members (excludes halogenated alkanes) is 4. The van der Waals surface area contributed by atoms with Crippen molar-refractivity contribution in [3.63, 3.8) is 0 Å². The van der Waals surface area contributed by atoms with Gasteiger partial charge in [-0.15, -0.1) is 0 Å². The minimum absolute atomic E-state index is 0.167. The summed E-state index contributed by atoms with van der Waals surface area (Å²) >= 11 is 0. The van der Waals surface area contributed by atoms with Crippen LogP contribution in [0.25, 0.3) is 0 Å². The predicted octanol–water partition coefficient (Wildman–Crippen LogP) is 2.94. The summed E-state index contributed by atoms with van der Waals surface area (Å²) in [5.41, 5.74) is 2.25. The number of rotatable bonds is 10. The average Bonchev–Trinajstić information content (AvgIpc) is 2.46. The summed E-state index contributed by atoms with van der Waals surface area (Å²) < 4.78 is 0. The second-order valence-electron chi connectivity index (χ2n) is 4.61. The highest BCUT2D eigenvalue weighted by atomic mass is 16.1. The van der Waals surface area contributed by atoms with E-state index in [4.69, 9.17) is 0 Å². The van der Waals surface area contributed by atoms with E-state index in [0.29, 0.717) is 12.8 Å². The fourth-order valence-corrected chi connectivity index (χ4v) is 1.53. The first-order chi connectivity index (χ1) is 10.1. The van der Waals surface area contributed by atoms with Crippen LogP contribution in [0.5, 0.6) is 0 Å².